The molecule has 1 rings (SSSR count). The fraction of sp³-hybridized carbons (Fsp3) is 0.917. The normalized spacial score (nSPS) is 29.1. The smallest absolute Gasteiger partial charge is 0.407 e. The molecule has 1 saturated carbocycles. The van der Waals surface area contributed by atoms with Gasteiger partial charge in [0.05, 0.1) is 12.1 Å². The monoisotopic (exact) mass is 245 g/mol. The molecule has 0 aromatic carbocycles. The number of carbonyl (C=O) groups is 1. The zero-order chi connectivity index (χ0) is 13.1. The highest BCUT2D eigenvalue weighted by Gasteiger charge is 2.37. The summed E-state index contributed by atoms with van der Waals surface area (Å²) in [4.78, 5) is 11.7. The summed E-state index contributed by atoms with van der Waals surface area (Å²) in [5, 5.41) is 12.0. The van der Waals surface area contributed by atoms with Crippen molar-refractivity contribution in [3.63, 3.8) is 0 Å². The van der Waals surface area contributed by atoms with Crippen LogP contribution < -0.4 is 5.32 Å². The van der Waals surface area contributed by atoms with Crippen molar-refractivity contribution in [2.45, 2.75) is 51.4 Å². The second kappa shape index (κ2) is 5.69. The van der Waals surface area contributed by atoms with Gasteiger partial charge in [0.1, 0.15) is 5.60 Å². The van der Waals surface area contributed by atoms with Crippen molar-refractivity contribution < 1.29 is 19.4 Å². The van der Waals surface area contributed by atoms with Crippen LogP contribution in [0, 0.1) is 5.92 Å². The third kappa shape index (κ3) is 4.16. The Bertz CT molecular complexity index is 250. The molecule has 100 valence electrons. The molecule has 1 fully saturated rings. The first kappa shape index (κ1) is 14.3. The van der Waals surface area contributed by atoms with Gasteiger partial charge in [-0.1, -0.05) is 0 Å². The number of aliphatic hydroxyl groups excluding tert-OH is 1. The van der Waals surface area contributed by atoms with Crippen LogP contribution in [0.15, 0.2) is 0 Å². The number of carbonyl (C=O) groups excluding carboxylic acids is 1. The first-order valence-corrected chi connectivity index (χ1v) is 6.00. The van der Waals surface area contributed by atoms with Gasteiger partial charge in [0.25, 0.3) is 0 Å². The van der Waals surface area contributed by atoms with E-state index in [0.717, 1.165) is 12.8 Å². The average molecular weight is 245 g/mol. The highest BCUT2D eigenvalue weighted by molar-refractivity contribution is 5.68. The number of alkyl carbamates (subject to hydrolysis) is 1. The minimum absolute atomic E-state index is 0.0420. The maximum absolute atomic E-state index is 11.7. The van der Waals surface area contributed by atoms with Gasteiger partial charge in [-0.25, -0.2) is 4.79 Å². The van der Waals surface area contributed by atoms with Crippen molar-refractivity contribution in [3.8, 4) is 0 Å². The lowest BCUT2D eigenvalue weighted by molar-refractivity contribution is 0.0327. The van der Waals surface area contributed by atoms with E-state index in [1.54, 1.807) is 7.11 Å². The van der Waals surface area contributed by atoms with Gasteiger partial charge >= 0.3 is 6.09 Å². The van der Waals surface area contributed by atoms with Crippen molar-refractivity contribution in [2.75, 3.05) is 13.7 Å². The van der Waals surface area contributed by atoms with Crippen LogP contribution in [0.1, 0.15) is 33.6 Å². The molecule has 2 N–H and O–H groups in total. The third-order valence-electron chi connectivity index (χ3n) is 2.95. The number of methoxy groups -OCH3 is 1. The number of nitrogens with one attached hydrogen (secondary N) is 1. The van der Waals surface area contributed by atoms with E-state index >= 15 is 0 Å². The first-order valence-electron chi connectivity index (χ1n) is 6.00. The van der Waals surface area contributed by atoms with Crippen LogP contribution >= 0.6 is 0 Å². The van der Waals surface area contributed by atoms with E-state index in [0.29, 0.717) is 0 Å². The SMILES string of the molecule is CO[C@H]1CC[C@@H](CO)[C@@H]1NC(=O)OC(C)(C)C. The number of aliphatic hydroxyl groups is 1. The van der Waals surface area contributed by atoms with Gasteiger partial charge in [-0.05, 0) is 33.6 Å². The van der Waals surface area contributed by atoms with Gasteiger partial charge in [0.15, 0.2) is 0 Å². The summed E-state index contributed by atoms with van der Waals surface area (Å²) in [5.74, 6) is 0.0486. The lowest BCUT2D eigenvalue weighted by Crippen LogP contribution is -2.47. The zero-order valence-electron chi connectivity index (χ0n) is 11.0. The van der Waals surface area contributed by atoms with E-state index in [1.807, 2.05) is 20.8 Å². The van der Waals surface area contributed by atoms with Gasteiger partial charge in [-0.3, -0.25) is 0 Å². The molecule has 5 heteroatoms. The van der Waals surface area contributed by atoms with Crippen molar-refractivity contribution >= 4 is 6.09 Å². The third-order valence-corrected chi connectivity index (χ3v) is 2.95. The van der Waals surface area contributed by atoms with E-state index in [4.69, 9.17) is 9.47 Å². The predicted molar refractivity (Wildman–Crippen MR) is 63.8 cm³/mol. The number of hydrogen-bond donors (Lipinski definition) is 2. The van der Waals surface area contributed by atoms with E-state index in [2.05, 4.69) is 5.32 Å². The highest BCUT2D eigenvalue weighted by atomic mass is 16.6. The van der Waals surface area contributed by atoms with E-state index < -0.39 is 11.7 Å². The van der Waals surface area contributed by atoms with Crippen LogP contribution in [0.2, 0.25) is 0 Å². The lowest BCUT2D eigenvalue weighted by Gasteiger charge is -2.26. The fourth-order valence-corrected chi connectivity index (χ4v) is 2.16. The minimum atomic E-state index is -0.514. The van der Waals surface area contributed by atoms with Crippen LogP contribution in [-0.4, -0.2) is 42.7 Å². The number of hydrogen-bond acceptors (Lipinski definition) is 4. The summed E-state index contributed by atoms with van der Waals surface area (Å²) in [6.07, 6.45) is 1.21. The van der Waals surface area contributed by atoms with Gasteiger partial charge in [0.2, 0.25) is 0 Å². The Labute approximate surface area is 102 Å². The molecule has 0 aromatic rings. The highest BCUT2D eigenvalue weighted by Crippen LogP contribution is 2.28. The standard InChI is InChI=1S/C12H23NO4/c1-12(2,3)17-11(15)13-10-8(7-14)5-6-9(10)16-4/h8-10,14H,5-7H2,1-4H3,(H,13,15)/t8-,9-,10-/m0/s1. The van der Waals surface area contributed by atoms with E-state index in [-0.39, 0.29) is 24.7 Å². The second-order valence-corrected chi connectivity index (χ2v) is 5.47. The molecule has 0 unspecified atom stereocenters. The average Bonchev–Trinajstić information content (AvgIpc) is 2.57. The Hall–Kier alpha value is -0.810. The van der Waals surface area contributed by atoms with Crippen molar-refractivity contribution in [3.05, 3.63) is 0 Å². The summed E-state index contributed by atoms with van der Waals surface area (Å²) in [6, 6.07) is -0.167. The maximum Gasteiger partial charge on any atom is 0.407 e. The van der Waals surface area contributed by atoms with E-state index in [1.165, 1.54) is 0 Å². The molecule has 0 radical (unpaired) electrons. The number of ether oxygens (including phenoxy) is 2. The lowest BCUT2D eigenvalue weighted by atomic mass is 10.0. The minimum Gasteiger partial charge on any atom is -0.444 e. The van der Waals surface area contributed by atoms with Crippen LogP contribution in [0.25, 0.3) is 0 Å². The summed E-state index contributed by atoms with van der Waals surface area (Å²) in [5.41, 5.74) is -0.514. The molecular formula is C12H23NO4. The Morgan fingerprint density at radius 2 is 2.06 bits per heavy atom. The molecule has 0 aliphatic heterocycles. The maximum atomic E-state index is 11.7. The first-order chi connectivity index (χ1) is 7.87. The van der Waals surface area contributed by atoms with Crippen LogP contribution in [0.4, 0.5) is 4.79 Å². The quantitative estimate of drug-likeness (QED) is 0.786. The fourth-order valence-electron chi connectivity index (χ4n) is 2.16. The molecule has 1 aliphatic carbocycles. The second-order valence-electron chi connectivity index (χ2n) is 5.47. The zero-order valence-corrected chi connectivity index (χ0v) is 11.0. The number of rotatable bonds is 3. The van der Waals surface area contributed by atoms with Crippen molar-refractivity contribution in [2.24, 2.45) is 5.92 Å². The number of amides is 1. The van der Waals surface area contributed by atoms with Crippen molar-refractivity contribution in [1.82, 2.24) is 5.32 Å². The summed E-state index contributed by atoms with van der Waals surface area (Å²) in [7, 11) is 1.62. The largest absolute Gasteiger partial charge is 0.444 e. The van der Waals surface area contributed by atoms with E-state index in [9.17, 15) is 9.90 Å². The molecule has 0 heterocycles. The van der Waals surface area contributed by atoms with Gasteiger partial charge < -0.3 is 19.9 Å². The molecule has 3 atom stereocenters. The molecular weight excluding hydrogens is 222 g/mol. The van der Waals surface area contributed by atoms with Crippen LogP contribution in [-0.2, 0) is 9.47 Å². The van der Waals surface area contributed by atoms with Crippen molar-refractivity contribution in [1.29, 1.82) is 0 Å². The molecule has 5 nitrogen and oxygen atoms in total. The summed E-state index contributed by atoms with van der Waals surface area (Å²) < 4.78 is 10.5. The Morgan fingerprint density at radius 3 is 2.53 bits per heavy atom. The molecule has 0 saturated heterocycles. The summed E-state index contributed by atoms with van der Waals surface area (Å²) in [6.45, 7) is 5.51. The topological polar surface area (TPSA) is 67.8 Å². The molecule has 1 aliphatic rings. The molecule has 0 spiro atoms. The van der Waals surface area contributed by atoms with Crippen LogP contribution in [0.5, 0.6) is 0 Å². The van der Waals surface area contributed by atoms with Gasteiger partial charge in [-0.2, -0.15) is 0 Å². The van der Waals surface area contributed by atoms with Crippen LogP contribution in [0.3, 0.4) is 0 Å². The molecule has 0 bridgehead atoms. The van der Waals surface area contributed by atoms with Gasteiger partial charge in [-0.15, -0.1) is 0 Å². The Morgan fingerprint density at radius 1 is 1.41 bits per heavy atom. The molecule has 1 amide bonds. The predicted octanol–water partition coefficient (Wildman–Crippen LogP) is 1.30. The Balaban J connectivity index is 2.55. The Kier molecular flexibility index (Phi) is 4.77. The summed E-state index contributed by atoms with van der Waals surface area (Å²) >= 11 is 0. The molecule has 0 aromatic heterocycles. The molecule has 17 heavy (non-hydrogen) atoms. The van der Waals surface area contributed by atoms with Gasteiger partial charge in [0, 0.05) is 19.6 Å².